The SMILES string of the molecule is N#Cc1ccc(C(N)C(=O)O)cc1. The van der Waals surface area contributed by atoms with Crippen LogP contribution in [0.3, 0.4) is 0 Å². The van der Waals surface area contributed by atoms with Crippen molar-refractivity contribution in [2.75, 3.05) is 0 Å². The third kappa shape index (κ3) is 2.04. The summed E-state index contributed by atoms with van der Waals surface area (Å²) in [5, 5.41) is 17.1. The number of aliphatic carboxylic acids is 1. The van der Waals surface area contributed by atoms with Crippen molar-refractivity contribution >= 4 is 5.97 Å². The van der Waals surface area contributed by atoms with Gasteiger partial charge in [-0.2, -0.15) is 5.26 Å². The maximum absolute atomic E-state index is 10.5. The number of nitrogens with two attached hydrogens (primary N) is 1. The summed E-state index contributed by atoms with van der Waals surface area (Å²) in [6.07, 6.45) is 0. The molecule has 0 bridgehead atoms. The van der Waals surface area contributed by atoms with E-state index < -0.39 is 12.0 Å². The second-order valence-corrected chi connectivity index (χ2v) is 2.55. The first-order valence-electron chi connectivity index (χ1n) is 3.63. The molecule has 1 rings (SSSR count). The van der Waals surface area contributed by atoms with E-state index in [-0.39, 0.29) is 0 Å². The molecular weight excluding hydrogens is 168 g/mol. The molecule has 13 heavy (non-hydrogen) atoms. The molecular formula is C9H8N2O2. The Morgan fingerprint density at radius 2 is 2.00 bits per heavy atom. The normalized spacial score (nSPS) is 11.7. The van der Waals surface area contributed by atoms with Crippen LogP contribution >= 0.6 is 0 Å². The monoisotopic (exact) mass is 176 g/mol. The summed E-state index contributed by atoms with van der Waals surface area (Å²) in [5.74, 6) is -1.08. The van der Waals surface area contributed by atoms with Gasteiger partial charge in [0.25, 0.3) is 0 Å². The average molecular weight is 176 g/mol. The number of hydrogen-bond acceptors (Lipinski definition) is 3. The zero-order valence-electron chi connectivity index (χ0n) is 6.77. The van der Waals surface area contributed by atoms with Crippen molar-refractivity contribution in [2.24, 2.45) is 5.73 Å². The number of carbonyl (C=O) groups is 1. The van der Waals surface area contributed by atoms with Gasteiger partial charge < -0.3 is 10.8 Å². The molecule has 1 unspecified atom stereocenters. The fourth-order valence-corrected chi connectivity index (χ4v) is 0.908. The first-order valence-corrected chi connectivity index (χ1v) is 3.63. The third-order valence-electron chi connectivity index (χ3n) is 1.66. The van der Waals surface area contributed by atoms with E-state index in [1.165, 1.54) is 24.3 Å². The Kier molecular flexibility index (Phi) is 2.62. The highest BCUT2D eigenvalue weighted by atomic mass is 16.4. The van der Waals surface area contributed by atoms with E-state index in [1.54, 1.807) is 0 Å². The lowest BCUT2D eigenvalue weighted by Gasteiger charge is -2.05. The molecule has 0 spiro atoms. The average Bonchev–Trinajstić information content (AvgIpc) is 2.17. The van der Waals surface area contributed by atoms with Crippen LogP contribution in [0.4, 0.5) is 0 Å². The van der Waals surface area contributed by atoms with Gasteiger partial charge >= 0.3 is 5.97 Å². The highest BCUT2D eigenvalue weighted by molar-refractivity contribution is 5.75. The number of rotatable bonds is 2. The largest absolute Gasteiger partial charge is 0.480 e. The molecule has 0 radical (unpaired) electrons. The first-order chi connectivity index (χ1) is 6.15. The lowest BCUT2D eigenvalue weighted by molar-refractivity contribution is -0.138. The van der Waals surface area contributed by atoms with Crippen molar-refractivity contribution in [3.05, 3.63) is 35.4 Å². The minimum absolute atomic E-state index is 0.487. The molecule has 0 aliphatic carbocycles. The van der Waals surface area contributed by atoms with Gasteiger partial charge in [-0.25, -0.2) is 0 Å². The Morgan fingerprint density at radius 3 is 2.38 bits per heavy atom. The fourth-order valence-electron chi connectivity index (χ4n) is 0.908. The Bertz CT molecular complexity index is 351. The molecule has 3 N–H and O–H groups in total. The van der Waals surface area contributed by atoms with Crippen LogP contribution in [0, 0.1) is 11.3 Å². The minimum Gasteiger partial charge on any atom is -0.480 e. The first kappa shape index (κ1) is 9.23. The van der Waals surface area contributed by atoms with E-state index in [9.17, 15) is 4.79 Å². The van der Waals surface area contributed by atoms with Crippen molar-refractivity contribution in [1.82, 2.24) is 0 Å². The minimum atomic E-state index is -1.08. The number of carboxylic acid groups (broad SMARTS) is 1. The van der Waals surface area contributed by atoms with Gasteiger partial charge in [0.15, 0.2) is 0 Å². The summed E-state index contributed by atoms with van der Waals surface area (Å²) in [6, 6.07) is 7.07. The van der Waals surface area contributed by atoms with E-state index in [4.69, 9.17) is 16.1 Å². The standard InChI is InChI=1S/C9H8N2O2/c10-5-6-1-3-7(4-2-6)8(11)9(12)13/h1-4,8H,11H2,(H,12,13). The fraction of sp³-hybridized carbons (Fsp3) is 0.111. The summed E-state index contributed by atoms with van der Waals surface area (Å²) in [7, 11) is 0. The van der Waals surface area contributed by atoms with E-state index in [2.05, 4.69) is 0 Å². The van der Waals surface area contributed by atoms with Gasteiger partial charge in [-0.05, 0) is 17.7 Å². The van der Waals surface area contributed by atoms with E-state index >= 15 is 0 Å². The molecule has 4 nitrogen and oxygen atoms in total. The van der Waals surface area contributed by atoms with Crippen LogP contribution in [0.2, 0.25) is 0 Å². The molecule has 4 heteroatoms. The summed E-state index contributed by atoms with van der Waals surface area (Å²) < 4.78 is 0. The quantitative estimate of drug-likeness (QED) is 0.692. The predicted octanol–water partition coefficient (Wildman–Crippen LogP) is 0.643. The number of nitrogens with zero attached hydrogens (tertiary/aromatic N) is 1. The Balaban J connectivity index is 2.93. The van der Waals surface area contributed by atoms with Gasteiger partial charge in [0.2, 0.25) is 0 Å². The molecule has 0 aliphatic rings. The lowest BCUT2D eigenvalue weighted by Crippen LogP contribution is -2.20. The number of carboxylic acids is 1. The van der Waals surface area contributed by atoms with Crippen LogP contribution < -0.4 is 5.73 Å². The Hall–Kier alpha value is -1.86. The molecule has 1 aromatic rings. The summed E-state index contributed by atoms with van der Waals surface area (Å²) >= 11 is 0. The summed E-state index contributed by atoms with van der Waals surface area (Å²) in [4.78, 5) is 10.5. The van der Waals surface area contributed by atoms with Crippen molar-refractivity contribution in [3.8, 4) is 6.07 Å². The summed E-state index contributed by atoms with van der Waals surface area (Å²) in [6.45, 7) is 0. The van der Waals surface area contributed by atoms with Crippen LogP contribution in [-0.2, 0) is 4.79 Å². The van der Waals surface area contributed by atoms with Crippen molar-refractivity contribution in [1.29, 1.82) is 5.26 Å². The van der Waals surface area contributed by atoms with Crippen molar-refractivity contribution < 1.29 is 9.90 Å². The van der Waals surface area contributed by atoms with Gasteiger partial charge in [-0.3, -0.25) is 4.79 Å². The molecule has 66 valence electrons. The van der Waals surface area contributed by atoms with E-state index in [1.807, 2.05) is 6.07 Å². The second-order valence-electron chi connectivity index (χ2n) is 2.55. The Morgan fingerprint density at radius 1 is 1.46 bits per heavy atom. The lowest BCUT2D eigenvalue weighted by atomic mass is 10.1. The van der Waals surface area contributed by atoms with Crippen molar-refractivity contribution in [2.45, 2.75) is 6.04 Å². The molecule has 0 amide bonds. The molecule has 0 saturated heterocycles. The van der Waals surface area contributed by atoms with Crippen LogP contribution in [-0.4, -0.2) is 11.1 Å². The van der Waals surface area contributed by atoms with Gasteiger partial charge in [0, 0.05) is 0 Å². The van der Waals surface area contributed by atoms with Crippen LogP contribution in [0.1, 0.15) is 17.2 Å². The molecule has 0 aromatic heterocycles. The van der Waals surface area contributed by atoms with Gasteiger partial charge in [0.1, 0.15) is 6.04 Å². The maximum atomic E-state index is 10.5. The smallest absolute Gasteiger partial charge is 0.325 e. The predicted molar refractivity (Wildman–Crippen MR) is 45.7 cm³/mol. The molecule has 1 atom stereocenters. The van der Waals surface area contributed by atoms with E-state index in [0.717, 1.165) is 0 Å². The topological polar surface area (TPSA) is 87.1 Å². The van der Waals surface area contributed by atoms with Gasteiger partial charge in [-0.1, -0.05) is 12.1 Å². The van der Waals surface area contributed by atoms with Crippen molar-refractivity contribution in [3.63, 3.8) is 0 Å². The molecule has 0 heterocycles. The zero-order valence-corrected chi connectivity index (χ0v) is 6.77. The highest BCUT2D eigenvalue weighted by Gasteiger charge is 2.13. The van der Waals surface area contributed by atoms with E-state index in [0.29, 0.717) is 11.1 Å². The van der Waals surface area contributed by atoms with Gasteiger partial charge in [0.05, 0.1) is 11.6 Å². The molecule has 0 aliphatic heterocycles. The van der Waals surface area contributed by atoms with Crippen LogP contribution in [0.15, 0.2) is 24.3 Å². The third-order valence-corrected chi connectivity index (χ3v) is 1.66. The molecule has 0 fully saturated rings. The zero-order chi connectivity index (χ0) is 9.84. The number of hydrogen-bond donors (Lipinski definition) is 2. The highest BCUT2D eigenvalue weighted by Crippen LogP contribution is 2.10. The number of nitriles is 1. The second kappa shape index (κ2) is 3.70. The maximum Gasteiger partial charge on any atom is 0.325 e. The van der Waals surface area contributed by atoms with Crippen LogP contribution in [0.5, 0.6) is 0 Å². The molecule has 1 aromatic carbocycles. The molecule has 0 saturated carbocycles. The number of benzene rings is 1. The Labute approximate surface area is 75.2 Å². The van der Waals surface area contributed by atoms with Crippen LogP contribution in [0.25, 0.3) is 0 Å². The van der Waals surface area contributed by atoms with Gasteiger partial charge in [-0.15, -0.1) is 0 Å². The summed E-state index contributed by atoms with van der Waals surface area (Å²) in [5.41, 5.74) is 6.33.